The van der Waals surface area contributed by atoms with Gasteiger partial charge in [0.05, 0.1) is 11.7 Å². The molecule has 110 valence electrons. The third kappa shape index (κ3) is 3.55. The normalized spacial score (nSPS) is 19.1. The van der Waals surface area contributed by atoms with Gasteiger partial charge >= 0.3 is 0 Å². The van der Waals surface area contributed by atoms with Crippen molar-refractivity contribution in [3.8, 4) is 0 Å². The Morgan fingerprint density at radius 1 is 1.55 bits per heavy atom. The molecule has 0 spiro atoms. The number of hydrogen-bond acceptors (Lipinski definition) is 5. The fourth-order valence-corrected chi connectivity index (χ4v) is 3.14. The quantitative estimate of drug-likeness (QED) is 0.905. The fourth-order valence-electron chi connectivity index (χ4n) is 2.39. The van der Waals surface area contributed by atoms with Gasteiger partial charge in [0.1, 0.15) is 0 Å². The van der Waals surface area contributed by atoms with E-state index in [2.05, 4.69) is 15.2 Å². The lowest BCUT2D eigenvalue weighted by molar-refractivity contribution is -0.133. The molecule has 1 atom stereocenters. The van der Waals surface area contributed by atoms with Gasteiger partial charge in [-0.25, -0.2) is 4.98 Å². The smallest absolute Gasteiger partial charge is 0.239 e. The van der Waals surface area contributed by atoms with E-state index in [1.807, 2.05) is 5.38 Å². The van der Waals surface area contributed by atoms with Crippen molar-refractivity contribution in [2.75, 3.05) is 26.0 Å². The van der Waals surface area contributed by atoms with Crippen molar-refractivity contribution in [2.45, 2.75) is 32.4 Å². The molecule has 0 radical (unpaired) electrons. The Bertz CT molecular complexity index is 500. The maximum absolute atomic E-state index is 12.1. The second kappa shape index (κ2) is 6.32. The van der Waals surface area contributed by atoms with Crippen LogP contribution in [0, 0.1) is 0 Å². The molecule has 20 heavy (non-hydrogen) atoms. The van der Waals surface area contributed by atoms with Crippen molar-refractivity contribution >= 4 is 28.3 Å². The molecular formula is C13H20N4O2S. The summed E-state index contributed by atoms with van der Waals surface area (Å²) >= 11 is 1.41. The summed E-state index contributed by atoms with van der Waals surface area (Å²) in [6, 6.07) is -0.0454. The molecule has 1 N–H and O–H groups in total. The summed E-state index contributed by atoms with van der Waals surface area (Å²) in [5, 5.41) is 5.22. The van der Waals surface area contributed by atoms with Crippen molar-refractivity contribution in [3.05, 3.63) is 11.1 Å². The van der Waals surface area contributed by atoms with Gasteiger partial charge in [-0.1, -0.05) is 0 Å². The number of nitrogens with zero attached hydrogens (tertiary/aromatic N) is 3. The average molecular weight is 296 g/mol. The van der Waals surface area contributed by atoms with Crippen molar-refractivity contribution in [1.82, 2.24) is 14.8 Å². The molecule has 1 unspecified atom stereocenters. The fraction of sp³-hybridized carbons (Fsp3) is 0.615. The summed E-state index contributed by atoms with van der Waals surface area (Å²) in [4.78, 5) is 31.3. The Kier molecular flexibility index (Phi) is 4.72. The lowest BCUT2D eigenvalue weighted by Crippen LogP contribution is -2.42. The highest BCUT2D eigenvalue weighted by Gasteiger charge is 2.31. The summed E-state index contributed by atoms with van der Waals surface area (Å²) in [6.07, 6.45) is 1.94. The van der Waals surface area contributed by atoms with E-state index in [0.717, 1.165) is 25.1 Å². The van der Waals surface area contributed by atoms with Crippen LogP contribution in [0.25, 0.3) is 0 Å². The molecule has 1 aromatic rings. The molecular weight excluding hydrogens is 276 g/mol. The third-order valence-corrected chi connectivity index (χ3v) is 4.10. The Morgan fingerprint density at radius 2 is 2.30 bits per heavy atom. The van der Waals surface area contributed by atoms with Crippen molar-refractivity contribution in [1.29, 1.82) is 0 Å². The van der Waals surface area contributed by atoms with Crippen LogP contribution in [0.3, 0.4) is 0 Å². The van der Waals surface area contributed by atoms with Gasteiger partial charge in [-0.05, 0) is 19.4 Å². The lowest BCUT2D eigenvalue weighted by Gasteiger charge is -2.25. The monoisotopic (exact) mass is 296 g/mol. The van der Waals surface area contributed by atoms with Gasteiger partial charge in [0.15, 0.2) is 5.13 Å². The molecule has 1 fully saturated rings. The van der Waals surface area contributed by atoms with Crippen molar-refractivity contribution < 1.29 is 9.59 Å². The highest BCUT2D eigenvalue weighted by molar-refractivity contribution is 7.13. The zero-order valence-electron chi connectivity index (χ0n) is 12.0. The first kappa shape index (κ1) is 14.9. The number of aromatic nitrogens is 1. The summed E-state index contributed by atoms with van der Waals surface area (Å²) in [6.45, 7) is 3.03. The van der Waals surface area contributed by atoms with Gasteiger partial charge in [-0.2, -0.15) is 0 Å². The maximum atomic E-state index is 12.1. The number of likely N-dealkylation sites (N-methyl/N-ethyl adjacent to an activating group) is 1. The van der Waals surface area contributed by atoms with E-state index in [0.29, 0.717) is 11.7 Å². The number of hydrogen-bond donors (Lipinski definition) is 1. The topological polar surface area (TPSA) is 65.5 Å². The standard InChI is InChI=1S/C13H20N4O2S/c1-9(18)14-13-15-10(8-20-13)7-17-6-4-5-11(17)12(19)16(2)3/h8,11H,4-7H2,1-3H3,(H,14,15,18). The molecule has 7 heteroatoms. The molecule has 0 aliphatic carbocycles. The molecule has 0 bridgehead atoms. The molecule has 2 amide bonds. The van der Waals surface area contributed by atoms with Crippen molar-refractivity contribution in [3.63, 3.8) is 0 Å². The van der Waals surface area contributed by atoms with Gasteiger partial charge in [0, 0.05) is 32.9 Å². The van der Waals surface area contributed by atoms with Crippen LogP contribution in [0.2, 0.25) is 0 Å². The Morgan fingerprint density at radius 3 is 2.95 bits per heavy atom. The van der Waals surface area contributed by atoms with E-state index in [1.54, 1.807) is 19.0 Å². The maximum Gasteiger partial charge on any atom is 0.239 e. The molecule has 2 rings (SSSR count). The molecule has 1 aliphatic rings. The number of thiazole rings is 1. The number of anilines is 1. The summed E-state index contributed by atoms with van der Waals surface area (Å²) in [5.74, 6) is 0.0348. The van der Waals surface area contributed by atoms with E-state index >= 15 is 0 Å². The van der Waals surface area contributed by atoms with Crippen LogP contribution in [0.1, 0.15) is 25.5 Å². The largest absolute Gasteiger partial charge is 0.347 e. The first-order valence-electron chi connectivity index (χ1n) is 6.64. The minimum absolute atomic E-state index is 0.0454. The predicted molar refractivity (Wildman–Crippen MR) is 78.5 cm³/mol. The van der Waals surface area contributed by atoms with Gasteiger partial charge in [-0.3, -0.25) is 14.5 Å². The lowest BCUT2D eigenvalue weighted by atomic mass is 10.2. The molecule has 2 heterocycles. The zero-order valence-corrected chi connectivity index (χ0v) is 12.9. The molecule has 0 aromatic carbocycles. The molecule has 1 aliphatic heterocycles. The Balaban J connectivity index is 2.00. The molecule has 1 saturated heterocycles. The van der Waals surface area contributed by atoms with Crippen LogP contribution in [0.4, 0.5) is 5.13 Å². The van der Waals surface area contributed by atoms with Crippen LogP contribution in [-0.2, 0) is 16.1 Å². The number of amides is 2. The number of carbonyl (C=O) groups is 2. The van der Waals surface area contributed by atoms with Gasteiger partial charge < -0.3 is 10.2 Å². The van der Waals surface area contributed by atoms with Crippen LogP contribution < -0.4 is 5.32 Å². The van der Waals surface area contributed by atoms with Crippen molar-refractivity contribution in [2.24, 2.45) is 0 Å². The average Bonchev–Trinajstić information content (AvgIpc) is 2.97. The van der Waals surface area contributed by atoms with E-state index in [-0.39, 0.29) is 17.9 Å². The summed E-state index contributed by atoms with van der Waals surface area (Å²) < 4.78 is 0. The summed E-state index contributed by atoms with van der Waals surface area (Å²) in [7, 11) is 3.58. The Hall–Kier alpha value is -1.47. The molecule has 6 nitrogen and oxygen atoms in total. The summed E-state index contributed by atoms with van der Waals surface area (Å²) in [5.41, 5.74) is 0.900. The van der Waals surface area contributed by atoms with Crippen LogP contribution >= 0.6 is 11.3 Å². The molecule has 0 saturated carbocycles. The van der Waals surface area contributed by atoms with E-state index in [9.17, 15) is 9.59 Å². The SMILES string of the molecule is CC(=O)Nc1nc(CN2CCCC2C(=O)N(C)C)cs1. The second-order valence-corrected chi connectivity index (χ2v) is 6.04. The Labute approximate surface area is 122 Å². The number of carbonyl (C=O) groups excluding carboxylic acids is 2. The molecule has 1 aromatic heterocycles. The zero-order chi connectivity index (χ0) is 14.7. The highest BCUT2D eigenvalue weighted by Crippen LogP contribution is 2.23. The first-order valence-corrected chi connectivity index (χ1v) is 7.52. The number of likely N-dealkylation sites (tertiary alicyclic amines) is 1. The van der Waals surface area contributed by atoms with Crippen LogP contribution in [0.15, 0.2) is 5.38 Å². The van der Waals surface area contributed by atoms with Crippen LogP contribution in [0.5, 0.6) is 0 Å². The number of nitrogens with one attached hydrogen (secondary N) is 1. The third-order valence-electron chi connectivity index (χ3n) is 3.29. The van der Waals surface area contributed by atoms with E-state index in [1.165, 1.54) is 18.3 Å². The minimum atomic E-state index is -0.118. The van der Waals surface area contributed by atoms with Crippen LogP contribution in [-0.4, -0.2) is 53.3 Å². The first-order chi connectivity index (χ1) is 9.47. The van der Waals surface area contributed by atoms with Gasteiger partial charge in [0.2, 0.25) is 11.8 Å². The number of rotatable bonds is 4. The van der Waals surface area contributed by atoms with Gasteiger partial charge in [-0.15, -0.1) is 11.3 Å². The van der Waals surface area contributed by atoms with E-state index in [4.69, 9.17) is 0 Å². The van der Waals surface area contributed by atoms with Gasteiger partial charge in [0.25, 0.3) is 0 Å². The predicted octanol–water partition coefficient (Wildman–Crippen LogP) is 1.15. The van der Waals surface area contributed by atoms with E-state index < -0.39 is 0 Å². The second-order valence-electron chi connectivity index (χ2n) is 5.19. The minimum Gasteiger partial charge on any atom is -0.347 e. The highest BCUT2D eigenvalue weighted by atomic mass is 32.1.